The van der Waals surface area contributed by atoms with Gasteiger partial charge in [-0.25, -0.2) is 0 Å². The average molecular weight is 347 g/mol. The summed E-state index contributed by atoms with van der Waals surface area (Å²) in [5.74, 6) is 0.0644. The minimum Gasteiger partial charge on any atom is -0.480 e. The van der Waals surface area contributed by atoms with Crippen molar-refractivity contribution in [2.24, 2.45) is 5.73 Å². The second kappa shape index (κ2) is 7.87. The molecule has 4 N–H and O–H groups in total. The van der Waals surface area contributed by atoms with Crippen LogP contribution in [0.1, 0.15) is 27.7 Å². The molecule has 1 heterocycles. The number of nitrogens with two attached hydrogens (primary N) is 1. The first kappa shape index (κ1) is 22.3. The predicted molar refractivity (Wildman–Crippen MR) is 87.3 cm³/mol. The Morgan fingerprint density at radius 3 is 2.25 bits per heavy atom. The Kier molecular flexibility index (Phi) is 8.77. The molecule has 0 aliphatic carbocycles. The second-order valence-corrected chi connectivity index (χ2v) is 6.68. The number of hydrogen-bond donors (Lipinski definition) is 3. The van der Waals surface area contributed by atoms with Gasteiger partial charge < -0.3 is 16.0 Å². The van der Waals surface area contributed by atoms with Crippen LogP contribution in [0.25, 0.3) is 0 Å². The van der Waals surface area contributed by atoms with E-state index in [2.05, 4.69) is 0 Å². The summed E-state index contributed by atoms with van der Waals surface area (Å²) < 4.78 is 0. The molecule has 120 valence electrons. The van der Waals surface area contributed by atoms with Gasteiger partial charge in [-0.2, -0.15) is 16.8 Å². The highest BCUT2D eigenvalue weighted by Crippen LogP contribution is 2.39. The molecular formula is C12H24Cl2N2O3S. The van der Waals surface area contributed by atoms with Crippen LogP contribution in [0, 0.1) is 0 Å². The molecule has 20 heavy (non-hydrogen) atoms. The number of carboxylic acid groups (broad SMARTS) is 1. The summed E-state index contributed by atoms with van der Waals surface area (Å²) in [6.07, 6.45) is 2.03. The number of thioether (sulfide) groups is 1. The Morgan fingerprint density at radius 2 is 1.90 bits per heavy atom. The van der Waals surface area contributed by atoms with Crippen LogP contribution in [-0.4, -0.2) is 50.0 Å². The van der Waals surface area contributed by atoms with Crippen LogP contribution >= 0.6 is 36.6 Å². The fraction of sp³-hybridized carbons (Fsp3) is 0.750. The topological polar surface area (TPSA) is 86.8 Å². The van der Waals surface area contributed by atoms with E-state index in [-0.39, 0.29) is 24.8 Å². The number of aliphatic carboxylic acids is 1. The fourth-order valence-corrected chi connectivity index (χ4v) is 3.28. The van der Waals surface area contributed by atoms with E-state index in [1.165, 1.54) is 16.8 Å². The summed E-state index contributed by atoms with van der Waals surface area (Å²) in [6.45, 7) is 7.78. The zero-order chi connectivity index (χ0) is 14.1. The summed E-state index contributed by atoms with van der Waals surface area (Å²) in [6, 6.07) is -0.835. The van der Waals surface area contributed by atoms with E-state index >= 15 is 0 Å². The van der Waals surface area contributed by atoms with Crippen LogP contribution in [-0.2, 0) is 4.79 Å². The van der Waals surface area contributed by atoms with Crippen molar-refractivity contribution in [3.8, 4) is 0 Å². The third-order valence-electron chi connectivity index (χ3n) is 3.26. The van der Waals surface area contributed by atoms with Crippen LogP contribution in [0.4, 0.5) is 0 Å². The van der Waals surface area contributed by atoms with E-state index in [1.54, 1.807) is 0 Å². The van der Waals surface area contributed by atoms with Crippen LogP contribution in [0.3, 0.4) is 0 Å². The van der Waals surface area contributed by atoms with Crippen molar-refractivity contribution >= 4 is 42.5 Å². The van der Waals surface area contributed by atoms with Crippen molar-refractivity contribution < 1.29 is 15.1 Å². The van der Waals surface area contributed by atoms with E-state index in [1.807, 2.05) is 33.8 Å². The Bertz CT molecular complexity index is 376. The van der Waals surface area contributed by atoms with Crippen LogP contribution in [0.5, 0.6) is 0 Å². The zero-order valence-corrected chi connectivity index (χ0v) is 14.6. The van der Waals surface area contributed by atoms with E-state index in [9.17, 15) is 10.0 Å². The van der Waals surface area contributed by atoms with Crippen LogP contribution in [0.15, 0.2) is 11.6 Å². The molecule has 5 nitrogen and oxygen atoms in total. The zero-order valence-electron chi connectivity index (χ0n) is 12.1. The van der Waals surface area contributed by atoms with Crippen molar-refractivity contribution in [3.05, 3.63) is 11.6 Å². The maximum absolute atomic E-state index is 10.6. The van der Waals surface area contributed by atoms with Gasteiger partial charge in [0.15, 0.2) is 0 Å². The van der Waals surface area contributed by atoms with Gasteiger partial charge in [0, 0.05) is 11.5 Å². The molecule has 0 fully saturated rings. The van der Waals surface area contributed by atoms with Gasteiger partial charge in [0.2, 0.25) is 0 Å². The highest BCUT2D eigenvalue weighted by atomic mass is 35.5. The third kappa shape index (κ3) is 4.79. The van der Waals surface area contributed by atoms with E-state index in [0.717, 1.165) is 5.57 Å². The number of carbonyl (C=O) groups is 1. The third-order valence-corrected chi connectivity index (χ3v) is 4.37. The van der Waals surface area contributed by atoms with Crippen molar-refractivity contribution in [3.63, 3.8) is 0 Å². The Hall–Kier alpha value is 0.0200. The van der Waals surface area contributed by atoms with Crippen molar-refractivity contribution in [2.45, 2.75) is 44.8 Å². The smallest absolute Gasteiger partial charge is 0.321 e. The monoisotopic (exact) mass is 346 g/mol. The largest absolute Gasteiger partial charge is 0.480 e. The number of halogens is 2. The van der Waals surface area contributed by atoms with Gasteiger partial charge >= 0.3 is 5.97 Å². The summed E-state index contributed by atoms with van der Waals surface area (Å²) in [5, 5.41) is 20.1. The molecule has 0 amide bonds. The number of nitrogens with zero attached hydrogens (tertiary/aromatic N) is 1. The van der Waals surface area contributed by atoms with Gasteiger partial charge in [0.05, 0.1) is 11.1 Å². The molecule has 0 saturated carbocycles. The number of rotatable bonds is 5. The number of carboxylic acids is 1. The lowest BCUT2D eigenvalue weighted by molar-refractivity contribution is -0.185. The highest BCUT2D eigenvalue weighted by molar-refractivity contribution is 7.99. The minimum absolute atomic E-state index is 0. The molecule has 1 aliphatic heterocycles. The molecule has 0 radical (unpaired) electrons. The lowest BCUT2D eigenvalue weighted by atomic mass is 9.98. The first-order valence-corrected chi connectivity index (χ1v) is 7.02. The molecule has 0 bridgehead atoms. The quantitative estimate of drug-likeness (QED) is 0.661. The molecule has 1 rings (SSSR count). The standard InChI is InChI=1S/C12H22N2O3S.2ClH/c1-11(2)5-8(12(3,4)14(11)17)6-18-7-9(13)10(15)16;;/h5,9,17H,6-7,13H2,1-4H3,(H,15,16);2*1H/t9-;;/m0../s1. The molecule has 8 heteroatoms. The molecule has 0 aromatic carbocycles. The van der Waals surface area contributed by atoms with Crippen molar-refractivity contribution in [1.29, 1.82) is 0 Å². The normalized spacial score (nSPS) is 21.4. The van der Waals surface area contributed by atoms with Gasteiger partial charge in [-0.15, -0.1) is 24.8 Å². The SMILES string of the molecule is CC1(C)C=C(CSC[C@H](N)C(=O)O)C(C)(C)N1O.Cl.Cl. The number of hydroxylamine groups is 2. The maximum atomic E-state index is 10.6. The Balaban J connectivity index is 0. The van der Waals surface area contributed by atoms with E-state index in [0.29, 0.717) is 11.5 Å². The van der Waals surface area contributed by atoms with Gasteiger partial charge in [0.25, 0.3) is 0 Å². The maximum Gasteiger partial charge on any atom is 0.321 e. The van der Waals surface area contributed by atoms with Gasteiger partial charge in [0.1, 0.15) is 6.04 Å². The molecule has 0 unspecified atom stereocenters. The van der Waals surface area contributed by atoms with Gasteiger partial charge in [-0.05, 0) is 33.3 Å². The highest BCUT2D eigenvalue weighted by Gasteiger charge is 2.44. The van der Waals surface area contributed by atoms with E-state index in [4.69, 9.17) is 10.8 Å². The molecule has 0 aromatic heterocycles. The second-order valence-electron chi connectivity index (χ2n) is 5.65. The van der Waals surface area contributed by atoms with Gasteiger partial charge in [-0.1, -0.05) is 6.08 Å². The average Bonchev–Trinajstić information content (AvgIpc) is 2.39. The molecule has 0 aromatic rings. The first-order chi connectivity index (χ1) is 8.09. The van der Waals surface area contributed by atoms with E-state index < -0.39 is 23.1 Å². The minimum atomic E-state index is -0.980. The van der Waals surface area contributed by atoms with Crippen LogP contribution < -0.4 is 5.73 Å². The van der Waals surface area contributed by atoms with Crippen molar-refractivity contribution in [2.75, 3.05) is 11.5 Å². The predicted octanol–water partition coefficient (Wildman–Crippen LogP) is 2.16. The fourth-order valence-electron chi connectivity index (χ4n) is 2.11. The summed E-state index contributed by atoms with van der Waals surface area (Å²) in [7, 11) is 0. The van der Waals surface area contributed by atoms with Gasteiger partial charge in [-0.3, -0.25) is 4.79 Å². The van der Waals surface area contributed by atoms with Crippen molar-refractivity contribution in [1.82, 2.24) is 5.06 Å². The summed E-state index contributed by atoms with van der Waals surface area (Å²) >= 11 is 1.48. The summed E-state index contributed by atoms with van der Waals surface area (Å²) in [5.41, 5.74) is 5.72. The molecular weight excluding hydrogens is 323 g/mol. The van der Waals surface area contributed by atoms with Crippen LogP contribution in [0.2, 0.25) is 0 Å². The lowest BCUT2D eigenvalue weighted by Crippen LogP contribution is -2.48. The molecule has 0 saturated heterocycles. The lowest BCUT2D eigenvalue weighted by Gasteiger charge is -2.36. The molecule has 0 spiro atoms. The molecule has 1 aliphatic rings. The summed E-state index contributed by atoms with van der Waals surface area (Å²) in [4.78, 5) is 10.6. The molecule has 1 atom stereocenters. The Morgan fingerprint density at radius 1 is 1.40 bits per heavy atom. The Labute approximate surface area is 136 Å². The number of hydrogen-bond acceptors (Lipinski definition) is 5. The first-order valence-electron chi connectivity index (χ1n) is 5.86.